The molecule has 0 saturated heterocycles. The van der Waals surface area contributed by atoms with Gasteiger partial charge in [-0.25, -0.2) is 0 Å². The maximum atomic E-state index is 6.77. The van der Waals surface area contributed by atoms with Crippen molar-refractivity contribution in [3.63, 3.8) is 0 Å². The molecule has 0 unspecified atom stereocenters. The van der Waals surface area contributed by atoms with Crippen molar-refractivity contribution in [2.75, 3.05) is 28.4 Å². The van der Waals surface area contributed by atoms with Gasteiger partial charge in [0, 0.05) is 34.1 Å². The fraction of sp³-hybridized carbons (Fsp3) is 0.176. The Bertz CT molecular complexity index is 2990. The monoisotopic (exact) mass is 1120 g/mol. The normalized spacial score (nSPS) is 12.2. The lowest BCUT2D eigenvalue weighted by Gasteiger charge is -2.27. The summed E-state index contributed by atoms with van der Waals surface area (Å²) >= 11 is 0. The Kier molecular flexibility index (Phi) is 21.7. The van der Waals surface area contributed by atoms with Crippen LogP contribution in [0.25, 0.3) is 24.3 Å². The number of methoxy groups -OCH3 is 4. The van der Waals surface area contributed by atoms with Crippen molar-refractivity contribution in [2.24, 2.45) is 0 Å². The molecule has 0 amide bonds. The molecule has 8 aromatic carbocycles. The van der Waals surface area contributed by atoms with Gasteiger partial charge in [-0.3, -0.25) is 0 Å². The predicted octanol–water partition coefficient (Wildman–Crippen LogP) is 15.4. The Morgan fingerprint density at radius 3 is 0.750 bits per heavy atom. The number of para-hydroxylation sites is 4. The van der Waals surface area contributed by atoms with Gasteiger partial charge in [0.25, 0.3) is 0 Å². The summed E-state index contributed by atoms with van der Waals surface area (Å²) in [6.45, 7) is 8.19. The number of aryl methyl sites for hydroxylation is 4. The van der Waals surface area contributed by atoms with Gasteiger partial charge < -0.3 is 36.7 Å². The van der Waals surface area contributed by atoms with Crippen molar-refractivity contribution in [3.05, 3.63) is 259 Å². The van der Waals surface area contributed by atoms with Crippen molar-refractivity contribution < 1.29 is 36.7 Å². The molecule has 80 heavy (non-hydrogen) atoms. The Morgan fingerprint density at radius 1 is 0.300 bits per heavy atom. The van der Waals surface area contributed by atoms with Crippen LogP contribution in [0.2, 0.25) is 0 Å². The minimum Gasteiger partial charge on any atom is -0.536 e. The van der Waals surface area contributed by atoms with Gasteiger partial charge >= 0.3 is 39.1 Å². The second-order valence-corrected chi connectivity index (χ2v) is 22.1. The molecule has 0 N–H and O–H groups in total. The number of benzene rings is 8. The smallest absolute Gasteiger partial charge is 0.343 e. The van der Waals surface area contributed by atoms with Crippen LogP contribution in [0.1, 0.15) is 91.4 Å². The third-order valence-corrected chi connectivity index (χ3v) is 16.3. The van der Waals surface area contributed by atoms with Gasteiger partial charge in [0.05, 0.1) is 28.4 Å². The quantitative estimate of drug-likeness (QED) is 0.0472. The number of rotatable bonds is 27. The average Bonchev–Trinajstić information content (AvgIpc) is 3.51. The zero-order valence-electron chi connectivity index (χ0n) is 46.6. The van der Waals surface area contributed by atoms with Gasteiger partial charge in [-0.1, -0.05) is 168 Å². The molecule has 0 spiro atoms. The average molecular weight is 1120 g/mol. The van der Waals surface area contributed by atoms with Crippen LogP contribution in [-0.4, -0.2) is 67.5 Å². The van der Waals surface area contributed by atoms with Crippen molar-refractivity contribution in [3.8, 4) is 46.0 Å². The van der Waals surface area contributed by atoms with Crippen LogP contribution in [-0.2, 0) is 0 Å². The van der Waals surface area contributed by atoms with Crippen LogP contribution in [0.4, 0.5) is 0 Å². The lowest BCUT2D eigenvalue weighted by molar-refractivity contribution is 0.411. The highest BCUT2D eigenvalue weighted by Crippen LogP contribution is 2.45. The summed E-state index contributed by atoms with van der Waals surface area (Å²) in [7, 11) is 7.05. The Hall–Kier alpha value is -8.01. The summed E-state index contributed by atoms with van der Waals surface area (Å²) in [5.41, 5.74) is 21.1. The van der Waals surface area contributed by atoms with Crippen LogP contribution in [0, 0.1) is 27.7 Å². The third-order valence-electron chi connectivity index (χ3n) is 13.7. The van der Waals surface area contributed by atoms with Gasteiger partial charge in [-0.15, -0.1) is 0 Å². The zero-order chi connectivity index (χ0) is 56.1. The molecular formula is C68H66O8Si4. The Morgan fingerprint density at radius 2 is 0.525 bits per heavy atom. The maximum absolute atomic E-state index is 6.77. The largest absolute Gasteiger partial charge is 0.536 e. The molecule has 0 atom stereocenters. The molecule has 8 aromatic rings. The highest BCUT2D eigenvalue weighted by atomic mass is 28.2. The van der Waals surface area contributed by atoms with Crippen LogP contribution >= 0.6 is 0 Å². The van der Waals surface area contributed by atoms with Crippen molar-refractivity contribution in [2.45, 2.75) is 52.4 Å². The van der Waals surface area contributed by atoms with E-state index in [2.05, 4.69) is 168 Å². The summed E-state index contributed by atoms with van der Waals surface area (Å²) in [5.74, 6) is 6.38. The van der Waals surface area contributed by atoms with Crippen LogP contribution < -0.4 is 36.7 Å². The highest BCUT2D eigenvalue weighted by Gasteiger charge is 2.27. The first-order valence-corrected chi connectivity index (χ1v) is 30.4. The summed E-state index contributed by atoms with van der Waals surface area (Å²) in [4.78, 5) is 0. The molecule has 8 radical (unpaired) electrons. The van der Waals surface area contributed by atoms with Crippen LogP contribution in [0.3, 0.4) is 0 Å². The van der Waals surface area contributed by atoms with Crippen molar-refractivity contribution >= 4 is 63.4 Å². The van der Waals surface area contributed by atoms with Gasteiger partial charge in [0.15, 0.2) is 0 Å². The first-order valence-electron chi connectivity index (χ1n) is 26.5. The SMILES string of the molecule is COc1cc(C=C[Si]Oc2ccccc2C(CCC(c2ccccc2O[Si]C=Cc2ccc(C)c(OC)c2)c2ccccc2O[Si]C=Cc2ccc(C)c(OC)c2)c2ccccc2O[Si]C=Cc2ccc(C)c(OC)c2)ccc1C. The van der Waals surface area contributed by atoms with Crippen LogP contribution in [0.5, 0.6) is 46.0 Å². The zero-order valence-corrected chi connectivity index (χ0v) is 50.6. The number of hydrogen-bond acceptors (Lipinski definition) is 8. The fourth-order valence-electron chi connectivity index (χ4n) is 9.41. The summed E-state index contributed by atoms with van der Waals surface area (Å²) in [5, 5.41) is 0. The molecule has 0 aromatic heterocycles. The van der Waals surface area contributed by atoms with E-state index in [1.807, 2.05) is 76.2 Å². The van der Waals surface area contributed by atoms with Gasteiger partial charge in [-0.05, 0) is 134 Å². The first-order chi connectivity index (χ1) is 39.2. The molecule has 12 heteroatoms. The lowest BCUT2D eigenvalue weighted by Crippen LogP contribution is -2.13. The van der Waals surface area contributed by atoms with Crippen molar-refractivity contribution in [1.82, 2.24) is 0 Å². The minimum absolute atomic E-state index is 0.0600. The Balaban J connectivity index is 1.14. The summed E-state index contributed by atoms with van der Waals surface area (Å²) < 4.78 is 49.5. The molecular weight excluding hydrogens is 1060 g/mol. The molecule has 0 aliphatic heterocycles. The van der Waals surface area contributed by atoms with Gasteiger partial charge in [0.1, 0.15) is 46.0 Å². The molecule has 0 aliphatic rings. The van der Waals surface area contributed by atoms with E-state index in [0.717, 1.165) is 113 Å². The van der Waals surface area contributed by atoms with Crippen molar-refractivity contribution in [1.29, 1.82) is 0 Å². The third kappa shape index (κ3) is 15.8. The molecule has 8 nitrogen and oxygen atoms in total. The van der Waals surface area contributed by atoms with E-state index in [4.69, 9.17) is 36.7 Å². The first kappa shape index (κ1) is 58.1. The summed E-state index contributed by atoms with van der Waals surface area (Å²) in [6, 6.07) is 58.5. The maximum Gasteiger partial charge on any atom is 0.343 e. The molecule has 0 heterocycles. The number of hydrogen-bond donors (Lipinski definition) is 0. The molecule has 0 aliphatic carbocycles. The van der Waals surface area contributed by atoms with E-state index in [9.17, 15) is 0 Å². The molecule has 0 bridgehead atoms. The standard InChI is InChI=1S/C68H66O8Si4/c1-47-25-29-51(43-65(47)69-5)35-39-77-73-61-21-13-9-17-57(61)55(58-18-10-14-22-62(58)74-78-40-36-52-30-26-48(2)66(44-52)70-6)33-34-56(59-19-11-15-23-63(59)75-79-41-37-53-31-27-49(3)67(45-53)71-7)60-20-12-16-24-64(60)76-80-42-38-54-32-28-50(4)68(46-54)72-8/h9-32,35-46,55-56H,33-34H2,1-8H3. The van der Waals surface area contributed by atoms with E-state index in [1.165, 1.54) is 0 Å². The van der Waals surface area contributed by atoms with Gasteiger partial charge in [-0.2, -0.15) is 0 Å². The van der Waals surface area contributed by atoms with E-state index >= 15 is 0 Å². The fourth-order valence-corrected chi connectivity index (χ4v) is 12.0. The Labute approximate surface area is 483 Å². The van der Waals surface area contributed by atoms with E-state index in [0.29, 0.717) is 12.8 Å². The van der Waals surface area contributed by atoms with E-state index < -0.39 is 0 Å². The second kappa shape index (κ2) is 29.8. The van der Waals surface area contributed by atoms with E-state index in [-0.39, 0.29) is 50.9 Å². The summed E-state index contributed by atoms with van der Waals surface area (Å²) in [6.07, 6.45) is 9.77. The highest BCUT2D eigenvalue weighted by molar-refractivity contribution is 6.38. The minimum atomic E-state index is -0.149. The van der Waals surface area contributed by atoms with Gasteiger partial charge in [0.2, 0.25) is 0 Å². The molecule has 8 rings (SSSR count). The van der Waals surface area contributed by atoms with Crippen LogP contribution in [0.15, 0.2) is 193 Å². The topological polar surface area (TPSA) is 73.8 Å². The van der Waals surface area contributed by atoms with E-state index in [1.54, 1.807) is 28.4 Å². The molecule has 402 valence electrons. The lowest BCUT2D eigenvalue weighted by atomic mass is 9.80. The predicted molar refractivity (Wildman–Crippen MR) is 331 cm³/mol. The molecule has 0 fully saturated rings. The number of ether oxygens (including phenoxy) is 4. The second-order valence-electron chi connectivity index (χ2n) is 19.0. The molecule has 0 saturated carbocycles.